The van der Waals surface area contributed by atoms with Gasteiger partial charge in [0.1, 0.15) is 0 Å². The molecule has 0 aromatic heterocycles. The molecule has 0 saturated carbocycles. The molecule has 0 radical (unpaired) electrons. The molecule has 2 aromatic rings. The average Bonchev–Trinajstić information content (AvgIpc) is 3.04. The van der Waals surface area contributed by atoms with Gasteiger partial charge in [-0.1, -0.05) is 24.3 Å². The predicted octanol–water partition coefficient (Wildman–Crippen LogP) is 6.36. The van der Waals surface area contributed by atoms with E-state index in [1.54, 1.807) is 0 Å². The number of hydrogen-bond donors (Lipinski definition) is 2. The highest BCUT2D eigenvalue weighted by Crippen LogP contribution is 2.32. The molecule has 2 aliphatic rings. The molecule has 4 atom stereocenters. The van der Waals surface area contributed by atoms with Crippen molar-refractivity contribution in [3.05, 3.63) is 70.8 Å². The maximum atomic E-state index is 12.6. The van der Waals surface area contributed by atoms with Crippen LogP contribution in [0.25, 0.3) is 0 Å². The van der Waals surface area contributed by atoms with Gasteiger partial charge in [-0.15, -0.1) is 0 Å². The van der Waals surface area contributed by atoms with E-state index < -0.39 is 71.5 Å². The van der Waals surface area contributed by atoms with Gasteiger partial charge >= 0.3 is 36.5 Å². The van der Waals surface area contributed by atoms with Crippen molar-refractivity contribution in [3.8, 4) is 0 Å². The lowest BCUT2D eigenvalue weighted by atomic mass is 9.87. The standard InChI is InChI=1S/2C16H18F3NO4/c2*1-24-15(23)20-7-6-11(14(21)22)9-13(20)8-10-2-4-12(5-3-10)16(17,18)19/h2*2-5,11,13H,6-9H2,1H3,(H,21,22)/t11-,13-;/m1./s1. The molecule has 0 spiro atoms. The highest BCUT2D eigenvalue weighted by molar-refractivity contribution is 5.73. The molecule has 16 heteroatoms. The number of carbonyl (C=O) groups is 4. The number of alkyl halides is 6. The summed E-state index contributed by atoms with van der Waals surface area (Å²) in [5, 5.41) is 18.3. The van der Waals surface area contributed by atoms with E-state index in [4.69, 9.17) is 9.47 Å². The lowest BCUT2D eigenvalue weighted by Crippen LogP contribution is -2.48. The molecule has 2 unspecified atom stereocenters. The monoisotopic (exact) mass is 690 g/mol. The third kappa shape index (κ3) is 10.2. The molecule has 2 aliphatic heterocycles. The summed E-state index contributed by atoms with van der Waals surface area (Å²) in [4.78, 5) is 48.9. The maximum absolute atomic E-state index is 12.6. The second-order valence-corrected chi connectivity index (χ2v) is 11.6. The number of likely N-dealkylation sites (tertiary alicyclic amines) is 2. The summed E-state index contributed by atoms with van der Waals surface area (Å²) < 4.78 is 85.0. The van der Waals surface area contributed by atoms with Gasteiger partial charge in [0.25, 0.3) is 0 Å². The summed E-state index contributed by atoms with van der Waals surface area (Å²) in [7, 11) is 2.47. The van der Waals surface area contributed by atoms with Crippen LogP contribution in [0.2, 0.25) is 0 Å². The van der Waals surface area contributed by atoms with Gasteiger partial charge in [0.2, 0.25) is 0 Å². The van der Waals surface area contributed by atoms with Crippen LogP contribution in [0.15, 0.2) is 48.5 Å². The van der Waals surface area contributed by atoms with Gasteiger partial charge in [0, 0.05) is 25.2 Å². The van der Waals surface area contributed by atoms with Crippen LogP contribution in [-0.4, -0.2) is 83.5 Å². The summed E-state index contributed by atoms with van der Waals surface area (Å²) in [6.45, 7) is 0.490. The van der Waals surface area contributed by atoms with E-state index in [9.17, 15) is 55.7 Å². The Balaban J connectivity index is 0.000000260. The molecule has 2 N–H and O–H groups in total. The largest absolute Gasteiger partial charge is 0.481 e. The molecule has 10 nitrogen and oxygen atoms in total. The van der Waals surface area contributed by atoms with E-state index in [2.05, 4.69) is 0 Å². The molecule has 0 bridgehead atoms. The second kappa shape index (κ2) is 16.1. The quantitative estimate of drug-likeness (QED) is 0.335. The van der Waals surface area contributed by atoms with Crippen molar-refractivity contribution < 1.29 is 65.2 Å². The molecule has 48 heavy (non-hydrogen) atoms. The first-order chi connectivity index (χ1) is 22.4. The molecule has 0 aliphatic carbocycles. The maximum Gasteiger partial charge on any atom is 0.416 e. The van der Waals surface area contributed by atoms with E-state index in [1.165, 1.54) is 48.3 Å². The lowest BCUT2D eigenvalue weighted by Gasteiger charge is -2.37. The SMILES string of the molecule is COC(=O)N1CCC(C(=O)O)CC1Cc1ccc(C(F)(F)F)cc1.COC(=O)N1CC[C@@H](C(=O)O)C[C@H]1Cc1ccc(C(F)(F)F)cc1. The van der Waals surface area contributed by atoms with Crippen molar-refractivity contribution in [2.75, 3.05) is 27.3 Å². The summed E-state index contributed by atoms with van der Waals surface area (Å²) >= 11 is 0. The third-order valence-corrected chi connectivity index (χ3v) is 8.45. The molecule has 2 fully saturated rings. The third-order valence-electron chi connectivity index (χ3n) is 8.45. The molecule has 264 valence electrons. The van der Waals surface area contributed by atoms with Crippen LogP contribution < -0.4 is 0 Å². The molecular weight excluding hydrogens is 654 g/mol. The Kier molecular flexibility index (Phi) is 12.7. The van der Waals surface area contributed by atoms with Crippen molar-refractivity contribution >= 4 is 24.1 Å². The molecule has 4 rings (SSSR count). The Morgan fingerprint density at radius 3 is 1.21 bits per heavy atom. The van der Waals surface area contributed by atoms with Gasteiger partial charge in [0.05, 0.1) is 37.2 Å². The smallest absolute Gasteiger partial charge is 0.416 e. The van der Waals surface area contributed by atoms with Gasteiger partial charge in [-0.3, -0.25) is 9.59 Å². The Bertz CT molecular complexity index is 1310. The molecule has 2 saturated heterocycles. The Morgan fingerprint density at radius 1 is 0.646 bits per heavy atom. The lowest BCUT2D eigenvalue weighted by molar-refractivity contribution is -0.144. The number of rotatable bonds is 6. The van der Waals surface area contributed by atoms with Gasteiger partial charge in [-0.05, 0) is 73.9 Å². The number of carbonyl (C=O) groups excluding carboxylic acids is 2. The number of carboxylic acids is 2. The van der Waals surface area contributed by atoms with Gasteiger partial charge < -0.3 is 29.5 Å². The number of amides is 2. The van der Waals surface area contributed by atoms with Crippen LogP contribution in [0, 0.1) is 11.8 Å². The van der Waals surface area contributed by atoms with Crippen LogP contribution >= 0.6 is 0 Å². The van der Waals surface area contributed by atoms with Crippen molar-refractivity contribution in [2.45, 2.75) is 63.0 Å². The number of methoxy groups -OCH3 is 2. The Labute approximate surface area is 272 Å². The van der Waals surface area contributed by atoms with Gasteiger partial charge in [-0.25, -0.2) is 9.59 Å². The van der Waals surface area contributed by atoms with Crippen LogP contribution in [0.3, 0.4) is 0 Å². The van der Waals surface area contributed by atoms with E-state index in [0.717, 1.165) is 24.3 Å². The molecule has 2 heterocycles. The number of piperidine rings is 2. The second-order valence-electron chi connectivity index (χ2n) is 11.6. The van der Waals surface area contributed by atoms with Crippen molar-refractivity contribution in [2.24, 2.45) is 11.8 Å². The fourth-order valence-electron chi connectivity index (χ4n) is 5.86. The Hall–Kier alpha value is -4.50. The van der Waals surface area contributed by atoms with Crippen LogP contribution in [0.4, 0.5) is 35.9 Å². The topological polar surface area (TPSA) is 134 Å². The number of aliphatic carboxylic acids is 2. The average molecular weight is 691 g/mol. The first-order valence-corrected chi connectivity index (χ1v) is 14.9. The number of ether oxygens (including phenoxy) is 2. The summed E-state index contributed by atoms with van der Waals surface area (Å²) in [5.41, 5.74) is -0.285. The number of carboxylic acid groups (broad SMARTS) is 2. The molecule has 2 aromatic carbocycles. The minimum atomic E-state index is -4.41. The summed E-state index contributed by atoms with van der Waals surface area (Å²) in [5.74, 6) is -3.02. The van der Waals surface area contributed by atoms with Crippen molar-refractivity contribution in [3.63, 3.8) is 0 Å². The zero-order chi connectivity index (χ0) is 35.8. The predicted molar refractivity (Wildman–Crippen MR) is 157 cm³/mol. The van der Waals surface area contributed by atoms with Crippen molar-refractivity contribution in [1.82, 2.24) is 9.80 Å². The minimum Gasteiger partial charge on any atom is -0.481 e. The van der Waals surface area contributed by atoms with E-state index >= 15 is 0 Å². The summed E-state index contributed by atoms with van der Waals surface area (Å²) in [6.07, 6.45) is -8.25. The first kappa shape index (κ1) is 38.0. The van der Waals surface area contributed by atoms with Crippen LogP contribution in [-0.2, 0) is 44.3 Å². The van der Waals surface area contributed by atoms with E-state index in [-0.39, 0.29) is 38.8 Å². The molecule has 2 amide bonds. The zero-order valence-electron chi connectivity index (χ0n) is 26.1. The normalized spacial score (nSPS) is 21.4. The fraction of sp³-hybridized carbons (Fsp3) is 0.500. The number of halogens is 6. The van der Waals surface area contributed by atoms with Crippen molar-refractivity contribution in [1.29, 1.82) is 0 Å². The van der Waals surface area contributed by atoms with E-state index in [0.29, 0.717) is 24.0 Å². The minimum absolute atomic E-state index is 0.242. The first-order valence-electron chi connectivity index (χ1n) is 14.9. The highest BCUT2D eigenvalue weighted by atomic mass is 19.4. The zero-order valence-corrected chi connectivity index (χ0v) is 26.1. The van der Waals surface area contributed by atoms with Crippen LogP contribution in [0.1, 0.15) is 47.9 Å². The fourth-order valence-corrected chi connectivity index (χ4v) is 5.86. The highest BCUT2D eigenvalue weighted by Gasteiger charge is 2.37. The number of nitrogens with zero attached hydrogens (tertiary/aromatic N) is 2. The van der Waals surface area contributed by atoms with E-state index in [1.807, 2.05) is 0 Å². The van der Waals surface area contributed by atoms with Gasteiger partial charge in [0.15, 0.2) is 0 Å². The summed E-state index contributed by atoms with van der Waals surface area (Å²) in [6, 6.07) is 8.47. The molecular formula is C32H36F6N2O8. The Morgan fingerprint density at radius 2 is 0.958 bits per heavy atom. The van der Waals surface area contributed by atoms with Gasteiger partial charge in [-0.2, -0.15) is 26.3 Å². The number of hydrogen-bond acceptors (Lipinski definition) is 6. The number of benzene rings is 2. The van der Waals surface area contributed by atoms with Crippen LogP contribution in [0.5, 0.6) is 0 Å².